The quantitative estimate of drug-likeness (QED) is 0.569. The highest BCUT2D eigenvalue weighted by Gasteiger charge is 2.56. The van der Waals surface area contributed by atoms with Gasteiger partial charge >= 0.3 is 0 Å². The lowest BCUT2D eigenvalue weighted by atomic mass is 9.45. The lowest BCUT2D eigenvalue weighted by Gasteiger charge is -2.62. The topological polar surface area (TPSA) is 56.0 Å². The van der Waals surface area contributed by atoms with E-state index in [-0.39, 0.29) is 23.1 Å². The molecular weight excluding hydrogens is 434 g/mol. The van der Waals surface area contributed by atoms with E-state index in [2.05, 4.69) is 26.1 Å². The number of halogens is 1. The summed E-state index contributed by atoms with van der Waals surface area (Å²) in [6, 6.07) is 17.1. The Hall–Kier alpha value is -2.79. The zero-order valence-electron chi connectivity index (χ0n) is 19.3. The number of amides is 1. The van der Waals surface area contributed by atoms with Crippen LogP contribution in [0.2, 0.25) is 5.02 Å². The highest BCUT2D eigenvalue weighted by atomic mass is 35.5. The van der Waals surface area contributed by atoms with Gasteiger partial charge < -0.3 is 5.32 Å². The van der Waals surface area contributed by atoms with Crippen LogP contribution in [0.3, 0.4) is 0 Å². The minimum absolute atomic E-state index is 0.107. The maximum absolute atomic E-state index is 13.5. The van der Waals surface area contributed by atoms with Crippen molar-refractivity contribution in [1.29, 1.82) is 0 Å². The van der Waals surface area contributed by atoms with Gasteiger partial charge in [0.05, 0.1) is 12.2 Å². The summed E-state index contributed by atoms with van der Waals surface area (Å²) in [5.74, 6) is 1.37. The third-order valence-electron chi connectivity index (χ3n) is 8.13. The average molecular weight is 464 g/mol. The standard InChI is InChI=1S/C27H30ClN3O2/c1-17-23-13-19(27(23,2)3)14-24(17)29-25(32)22-16-30(15-18-7-5-4-6-8-18)31(26(22)33)21-11-9-20(28)10-12-21/h4-12,16-17,19,23-24H,13-15H2,1-3H3,(H,29,32)/t17-,19-,23-,24-/m1/s1. The van der Waals surface area contributed by atoms with Gasteiger partial charge in [-0.15, -0.1) is 0 Å². The first-order chi connectivity index (χ1) is 15.8. The van der Waals surface area contributed by atoms with Gasteiger partial charge in [0, 0.05) is 17.3 Å². The molecule has 4 atom stereocenters. The minimum Gasteiger partial charge on any atom is -0.349 e. The molecule has 3 fully saturated rings. The Morgan fingerprint density at radius 2 is 1.79 bits per heavy atom. The Labute approximate surface area is 199 Å². The molecule has 2 aromatic carbocycles. The maximum Gasteiger partial charge on any atom is 0.284 e. The van der Waals surface area contributed by atoms with Gasteiger partial charge in [-0.1, -0.05) is 62.7 Å². The third-order valence-corrected chi connectivity index (χ3v) is 8.38. The van der Waals surface area contributed by atoms with Crippen LogP contribution in [0, 0.1) is 23.2 Å². The van der Waals surface area contributed by atoms with Gasteiger partial charge in [-0.2, -0.15) is 0 Å². The number of carbonyl (C=O) groups excluding carboxylic acids is 1. The minimum atomic E-state index is -0.320. The van der Waals surface area contributed by atoms with E-state index in [1.54, 1.807) is 39.8 Å². The Morgan fingerprint density at radius 1 is 1.09 bits per heavy atom. The molecule has 0 saturated heterocycles. The van der Waals surface area contributed by atoms with Gasteiger partial charge in [0.25, 0.3) is 11.5 Å². The van der Waals surface area contributed by atoms with Crippen molar-refractivity contribution in [2.75, 3.05) is 0 Å². The van der Waals surface area contributed by atoms with E-state index in [1.165, 1.54) is 6.42 Å². The summed E-state index contributed by atoms with van der Waals surface area (Å²) >= 11 is 6.06. The molecule has 1 N–H and O–H groups in total. The molecule has 3 aliphatic rings. The lowest BCUT2D eigenvalue weighted by molar-refractivity contribution is -0.113. The molecule has 5 nitrogen and oxygen atoms in total. The Bertz CT molecular complexity index is 1230. The molecule has 2 bridgehead atoms. The fraction of sp³-hybridized carbons (Fsp3) is 0.407. The fourth-order valence-electron chi connectivity index (χ4n) is 5.97. The van der Waals surface area contributed by atoms with Crippen molar-refractivity contribution in [1.82, 2.24) is 14.7 Å². The van der Waals surface area contributed by atoms with Gasteiger partial charge in [0.2, 0.25) is 0 Å². The van der Waals surface area contributed by atoms with Crippen LogP contribution in [-0.4, -0.2) is 21.3 Å². The van der Waals surface area contributed by atoms with Crippen LogP contribution in [0.4, 0.5) is 0 Å². The van der Waals surface area contributed by atoms with Gasteiger partial charge in [-0.05, 0) is 65.8 Å². The smallest absolute Gasteiger partial charge is 0.284 e. The van der Waals surface area contributed by atoms with Crippen LogP contribution in [-0.2, 0) is 6.54 Å². The number of fused-ring (bicyclic) bond motifs is 2. The van der Waals surface area contributed by atoms with Crippen molar-refractivity contribution in [2.24, 2.45) is 23.2 Å². The third kappa shape index (κ3) is 3.82. The number of rotatable bonds is 5. The molecule has 3 aliphatic carbocycles. The van der Waals surface area contributed by atoms with E-state index >= 15 is 0 Å². The van der Waals surface area contributed by atoms with E-state index in [4.69, 9.17) is 11.6 Å². The Balaban J connectivity index is 1.46. The lowest BCUT2D eigenvalue weighted by Crippen LogP contribution is -2.60. The molecule has 0 spiro atoms. The first-order valence-electron chi connectivity index (χ1n) is 11.7. The van der Waals surface area contributed by atoms with E-state index in [0.29, 0.717) is 40.4 Å². The molecule has 3 saturated carbocycles. The summed E-state index contributed by atoms with van der Waals surface area (Å²) < 4.78 is 3.36. The molecule has 1 amide bonds. The zero-order chi connectivity index (χ0) is 23.3. The summed E-state index contributed by atoms with van der Waals surface area (Å²) in [5.41, 5.74) is 1.92. The van der Waals surface area contributed by atoms with E-state index in [1.807, 2.05) is 30.3 Å². The first kappa shape index (κ1) is 22.0. The molecule has 3 aromatic rings. The zero-order valence-corrected chi connectivity index (χ0v) is 20.0. The molecule has 33 heavy (non-hydrogen) atoms. The molecule has 0 aliphatic heterocycles. The molecule has 1 heterocycles. The van der Waals surface area contributed by atoms with E-state index in [0.717, 1.165) is 12.0 Å². The number of nitrogens with one attached hydrogen (secondary N) is 1. The second-order valence-electron chi connectivity index (χ2n) is 10.3. The van der Waals surface area contributed by atoms with Gasteiger partial charge in [-0.25, -0.2) is 4.68 Å². The number of hydrogen-bond donors (Lipinski definition) is 1. The van der Waals surface area contributed by atoms with Crippen LogP contribution < -0.4 is 10.9 Å². The number of hydrogen-bond acceptors (Lipinski definition) is 2. The molecule has 172 valence electrons. The highest BCUT2D eigenvalue weighted by molar-refractivity contribution is 6.30. The Morgan fingerprint density at radius 3 is 2.42 bits per heavy atom. The predicted octanol–water partition coefficient (Wildman–Crippen LogP) is 5.14. The number of nitrogens with zero attached hydrogens (tertiary/aromatic N) is 2. The molecular formula is C27H30ClN3O2. The Kier molecular flexibility index (Phi) is 5.48. The van der Waals surface area contributed by atoms with Crippen molar-refractivity contribution < 1.29 is 4.79 Å². The summed E-state index contributed by atoms with van der Waals surface area (Å²) in [6.45, 7) is 7.40. The molecule has 0 unspecified atom stereocenters. The highest BCUT2D eigenvalue weighted by Crippen LogP contribution is 2.61. The second-order valence-corrected chi connectivity index (χ2v) is 10.7. The molecule has 1 aromatic heterocycles. The van der Waals surface area contributed by atoms with Crippen LogP contribution >= 0.6 is 11.6 Å². The van der Waals surface area contributed by atoms with Crippen molar-refractivity contribution in [3.05, 3.63) is 87.3 Å². The summed E-state index contributed by atoms with van der Waals surface area (Å²) in [7, 11) is 0. The first-order valence-corrected chi connectivity index (χ1v) is 12.1. The van der Waals surface area contributed by atoms with Gasteiger partial charge in [-0.3, -0.25) is 14.3 Å². The van der Waals surface area contributed by atoms with E-state index in [9.17, 15) is 9.59 Å². The summed E-state index contributed by atoms with van der Waals surface area (Å²) in [6.07, 6.45) is 3.90. The van der Waals surface area contributed by atoms with Crippen LogP contribution in [0.15, 0.2) is 65.6 Å². The van der Waals surface area contributed by atoms with Crippen LogP contribution in [0.25, 0.3) is 5.69 Å². The summed E-state index contributed by atoms with van der Waals surface area (Å²) in [5, 5.41) is 3.80. The fourth-order valence-corrected chi connectivity index (χ4v) is 6.10. The normalized spacial score (nSPS) is 25.3. The van der Waals surface area contributed by atoms with Crippen molar-refractivity contribution >= 4 is 17.5 Å². The predicted molar refractivity (Wildman–Crippen MR) is 131 cm³/mol. The summed E-state index contributed by atoms with van der Waals surface area (Å²) in [4.78, 5) is 26.8. The number of benzene rings is 2. The van der Waals surface area contributed by atoms with Gasteiger partial charge in [0.15, 0.2) is 0 Å². The SMILES string of the molecule is C[C@@H]1[C@H]2C[C@H](C[C@H]1NC(=O)c1cn(Cc3ccccc3)n(-c3ccc(Cl)cc3)c1=O)C2(C)C. The number of aromatic nitrogens is 2. The van der Waals surface area contributed by atoms with Crippen molar-refractivity contribution in [3.8, 4) is 5.69 Å². The molecule has 6 heteroatoms. The largest absolute Gasteiger partial charge is 0.349 e. The van der Waals surface area contributed by atoms with Crippen molar-refractivity contribution in [3.63, 3.8) is 0 Å². The molecule has 0 radical (unpaired) electrons. The monoisotopic (exact) mass is 463 g/mol. The maximum atomic E-state index is 13.5. The second kappa shape index (κ2) is 8.21. The van der Waals surface area contributed by atoms with Crippen LogP contribution in [0.5, 0.6) is 0 Å². The van der Waals surface area contributed by atoms with Crippen LogP contribution in [0.1, 0.15) is 49.5 Å². The molecule has 6 rings (SSSR count). The van der Waals surface area contributed by atoms with E-state index < -0.39 is 0 Å². The average Bonchev–Trinajstić information content (AvgIpc) is 3.11. The number of carbonyl (C=O) groups is 1. The van der Waals surface area contributed by atoms with Crippen molar-refractivity contribution in [2.45, 2.75) is 46.2 Å². The van der Waals surface area contributed by atoms with Gasteiger partial charge in [0.1, 0.15) is 5.56 Å².